The maximum absolute atomic E-state index is 13.4. The van der Waals surface area contributed by atoms with E-state index in [2.05, 4.69) is 26.6 Å². The molecule has 30 heavy (non-hydrogen) atoms. The summed E-state index contributed by atoms with van der Waals surface area (Å²) in [5.74, 6) is -0.223. The molecule has 0 bridgehead atoms. The number of hydrogen-bond acceptors (Lipinski definition) is 4. The number of benzene rings is 2. The minimum atomic E-state index is -0.644. The Morgan fingerprint density at radius 1 is 0.933 bits per heavy atom. The maximum atomic E-state index is 13.4. The lowest BCUT2D eigenvalue weighted by molar-refractivity contribution is -0.125. The zero-order valence-corrected chi connectivity index (χ0v) is 18.6. The van der Waals surface area contributed by atoms with E-state index in [0.29, 0.717) is 42.3 Å². The summed E-state index contributed by atoms with van der Waals surface area (Å²) < 4.78 is 6.51. The average Bonchev–Trinajstić information content (AvgIpc) is 3.30. The van der Waals surface area contributed by atoms with Gasteiger partial charge in [0.1, 0.15) is 0 Å². The number of amides is 2. The average molecular weight is 485 g/mol. The summed E-state index contributed by atoms with van der Waals surface area (Å²) in [7, 11) is 0. The molecule has 7 heteroatoms. The van der Waals surface area contributed by atoms with Crippen LogP contribution >= 0.6 is 27.3 Å². The van der Waals surface area contributed by atoms with Crippen molar-refractivity contribution in [3.8, 4) is 0 Å². The van der Waals surface area contributed by atoms with E-state index in [1.807, 2.05) is 47.8 Å². The normalized spacial score (nSPS) is 15.4. The van der Waals surface area contributed by atoms with Crippen LogP contribution in [0.4, 0.5) is 11.4 Å². The van der Waals surface area contributed by atoms with E-state index in [9.17, 15) is 9.59 Å². The largest absolute Gasteiger partial charge is 0.381 e. The van der Waals surface area contributed by atoms with Gasteiger partial charge in [-0.1, -0.05) is 40.2 Å². The highest BCUT2D eigenvalue weighted by atomic mass is 79.9. The topological polar surface area (TPSA) is 67.4 Å². The summed E-state index contributed by atoms with van der Waals surface area (Å²) in [6.07, 6.45) is 1.24. The van der Waals surface area contributed by atoms with E-state index in [1.54, 1.807) is 18.2 Å². The second kappa shape index (κ2) is 9.12. The number of carbonyl (C=O) groups excluding carboxylic acids is 2. The first kappa shape index (κ1) is 20.8. The molecule has 2 amide bonds. The highest BCUT2D eigenvalue weighted by Gasteiger charge is 2.41. The second-order valence-electron chi connectivity index (χ2n) is 7.17. The van der Waals surface area contributed by atoms with Gasteiger partial charge in [-0.05, 0) is 60.2 Å². The van der Waals surface area contributed by atoms with E-state index >= 15 is 0 Å². The molecular weight excluding hydrogens is 464 g/mol. The Kier molecular flexibility index (Phi) is 6.32. The molecule has 5 nitrogen and oxygen atoms in total. The van der Waals surface area contributed by atoms with Crippen molar-refractivity contribution in [2.24, 2.45) is 0 Å². The van der Waals surface area contributed by atoms with Crippen LogP contribution in [0.5, 0.6) is 0 Å². The molecule has 1 fully saturated rings. The molecule has 0 unspecified atom stereocenters. The van der Waals surface area contributed by atoms with Gasteiger partial charge >= 0.3 is 0 Å². The van der Waals surface area contributed by atoms with E-state index < -0.39 is 5.41 Å². The molecule has 1 aliphatic heterocycles. The Balaban J connectivity index is 1.54. The van der Waals surface area contributed by atoms with Crippen molar-refractivity contribution in [1.82, 2.24) is 0 Å². The number of rotatable bonds is 5. The summed E-state index contributed by atoms with van der Waals surface area (Å²) in [6.45, 7) is 1.08. The summed E-state index contributed by atoms with van der Waals surface area (Å²) >= 11 is 4.85. The highest BCUT2D eigenvalue weighted by Crippen LogP contribution is 2.37. The second-order valence-corrected chi connectivity index (χ2v) is 9.03. The van der Waals surface area contributed by atoms with Crippen LogP contribution in [0.2, 0.25) is 0 Å². The standard InChI is InChI=1S/C23H21BrN2O3S/c24-17-8-6-16(7-9-17)23(10-12-29-13-11-23)22(28)26-19-4-1-3-18(15-19)25-21(27)20-5-2-14-30-20/h1-9,14-15H,10-13H2,(H,25,27)(H,26,28). The first-order valence-electron chi connectivity index (χ1n) is 9.67. The van der Waals surface area contributed by atoms with Crippen molar-refractivity contribution in [1.29, 1.82) is 0 Å². The Morgan fingerprint density at radius 2 is 1.63 bits per heavy atom. The molecule has 0 saturated carbocycles. The monoisotopic (exact) mass is 484 g/mol. The molecule has 0 atom stereocenters. The van der Waals surface area contributed by atoms with Gasteiger partial charge in [-0.15, -0.1) is 11.3 Å². The smallest absolute Gasteiger partial charge is 0.265 e. The van der Waals surface area contributed by atoms with Gasteiger partial charge < -0.3 is 15.4 Å². The lowest BCUT2D eigenvalue weighted by Gasteiger charge is -2.36. The Bertz CT molecular complexity index is 1030. The summed E-state index contributed by atoms with van der Waals surface area (Å²) in [4.78, 5) is 26.4. The van der Waals surface area contributed by atoms with E-state index in [4.69, 9.17) is 4.74 Å². The quantitative estimate of drug-likeness (QED) is 0.505. The lowest BCUT2D eigenvalue weighted by atomic mass is 9.73. The van der Waals surface area contributed by atoms with E-state index in [1.165, 1.54) is 11.3 Å². The zero-order valence-electron chi connectivity index (χ0n) is 16.2. The molecule has 154 valence electrons. The fourth-order valence-corrected chi connectivity index (χ4v) is 4.54. The SMILES string of the molecule is O=C(Nc1cccc(NC(=O)C2(c3ccc(Br)cc3)CCOCC2)c1)c1cccs1. The number of carbonyl (C=O) groups is 2. The van der Waals surface area contributed by atoms with Crippen LogP contribution in [0.1, 0.15) is 28.1 Å². The number of thiophene rings is 1. The third-order valence-electron chi connectivity index (χ3n) is 5.30. The van der Waals surface area contributed by atoms with Crippen molar-refractivity contribution in [2.45, 2.75) is 18.3 Å². The molecule has 1 aromatic heterocycles. The molecular formula is C23H21BrN2O3S. The minimum Gasteiger partial charge on any atom is -0.381 e. The molecule has 3 aromatic rings. The van der Waals surface area contributed by atoms with E-state index in [0.717, 1.165) is 10.0 Å². The first-order chi connectivity index (χ1) is 14.6. The van der Waals surface area contributed by atoms with Crippen LogP contribution in [0.15, 0.2) is 70.5 Å². The van der Waals surface area contributed by atoms with Gasteiger partial charge in [-0.2, -0.15) is 0 Å². The molecule has 4 rings (SSSR count). The van der Waals surface area contributed by atoms with Crippen molar-refractivity contribution in [2.75, 3.05) is 23.8 Å². The molecule has 0 radical (unpaired) electrons. The molecule has 2 N–H and O–H groups in total. The third-order valence-corrected chi connectivity index (χ3v) is 6.70. The van der Waals surface area contributed by atoms with Gasteiger partial charge in [0, 0.05) is 29.1 Å². The Labute approximate surface area is 187 Å². The van der Waals surface area contributed by atoms with Crippen molar-refractivity contribution in [3.05, 3.63) is 81.0 Å². The van der Waals surface area contributed by atoms with Gasteiger partial charge in [0.05, 0.1) is 10.3 Å². The van der Waals surface area contributed by atoms with Crippen molar-refractivity contribution >= 4 is 50.5 Å². The van der Waals surface area contributed by atoms with Gasteiger partial charge in [-0.3, -0.25) is 9.59 Å². The number of nitrogens with one attached hydrogen (secondary N) is 2. The van der Waals surface area contributed by atoms with Gasteiger partial charge in [0.25, 0.3) is 5.91 Å². The molecule has 1 aliphatic rings. The van der Waals surface area contributed by atoms with Crippen LogP contribution in [-0.2, 0) is 14.9 Å². The molecule has 2 aromatic carbocycles. The highest BCUT2D eigenvalue weighted by molar-refractivity contribution is 9.10. The maximum Gasteiger partial charge on any atom is 0.265 e. The fourth-order valence-electron chi connectivity index (χ4n) is 3.66. The predicted molar refractivity (Wildman–Crippen MR) is 123 cm³/mol. The zero-order chi connectivity index (χ0) is 21.0. The number of anilines is 2. The van der Waals surface area contributed by atoms with Crippen molar-refractivity contribution < 1.29 is 14.3 Å². The lowest BCUT2D eigenvalue weighted by Crippen LogP contribution is -2.44. The number of ether oxygens (including phenoxy) is 1. The van der Waals surface area contributed by atoms with Gasteiger partial charge in [-0.25, -0.2) is 0 Å². The fraction of sp³-hybridized carbons (Fsp3) is 0.217. The molecule has 2 heterocycles. The van der Waals surface area contributed by atoms with Crippen LogP contribution in [-0.4, -0.2) is 25.0 Å². The number of hydrogen-bond donors (Lipinski definition) is 2. The summed E-state index contributed by atoms with van der Waals surface area (Å²) in [5.41, 5.74) is 1.62. The minimum absolute atomic E-state index is 0.0603. The van der Waals surface area contributed by atoms with Gasteiger partial charge in [0.15, 0.2) is 0 Å². The van der Waals surface area contributed by atoms with Crippen LogP contribution in [0.3, 0.4) is 0 Å². The predicted octanol–water partition coefficient (Wildman–Crippen LogP) is 5.45. The summed E-state index contributed by atoms with van der Waals surface area (Å²) in [6, 6.07) is 18.7. The number of halogens is 1. The van der Waals surface area contributed by atoms with Crippen LogP contribution in [0.25, 0.3) is 0 Å². The first-order valence-corrected chi connectivity index (χ1v) is 11.3. The summed E-state index contributed by atoms with van der Waals surface area (Å²) in [5, 5.41) is 7.80. The van der Waals surface area contributed by atoms with Crippen LogP contribution < -0.4 is 10.6 Å². The Hall–Kier alpha value is -2.48. The molecule has 0 spiro atoms. The van der Waals surface area contributed by atoms with Crippen molar-refractivity contribution in [3.63, 3.8) is 0 Å². The molecule has 1 saturated heterocycles. The molecule has 0 aliphatic carbocycles. The third kappa shape index (κ3) is 4.48. The van der Waals surface area contributed by atoms with Crippen LogP contribution in [0, 0.1) is 0 Å². The Morgan fingerprint density at radius 3 is 2.30 bits per heavy atom. The van der Waals surface area contributed by atoms with Gasteiger partial charge in [0.2, 0.25) is 5.91 Å². The van der Waals surface area contributed by atoms with E-state index in [-0.39, 0.29) is 11.8 Å².